The van der Waals surface area contributed by atoms with E-state index >= 15 is 0 Å². The van der Waals surface area contributed by atoms with Gasteiger partial charge in [-0.2, -0.15) is 10.2 Å². The number of benzene rings is 1. The smallest absolute Gasteiger partial charge is 0.138 e. The van der Waals surface area contributed by atoms with E-state index in [4.69, 9.17) is 12.6 Å². The molecule has 0 unspecified atom stereocenters. The van der Waals surface area contributed by atoms with Gasteiger partial charge in [-0.05, 0) is 14.8 Å². The van der Waals surface area contributed by atoms with Crippen molar-refractivity contribution in [1.29, 1.82) is 0 Å². The molecule has 3 aromatic rings. The first kappa shape index (κ1) is 15.4. The van der Waals surface area contributed by atoms with Gasteiger partial charge in [-0.15, -0.1) is 5.10 Å². The summed E-state index contributed by atoms with van der Waals surface area (Å²) in [5, 5.41) is 19.0. The van der Waals surface area contributed by atoms with Crippen molar-refractivity contribution < 1.29 is 26.1 Å². The van der Waals surface area contributed by atoms with Crippen LogP contribution in [0.15, 0.2) is 34.9 Å². The van der Waals surface area contributed by atoms with Gasteiger partial charge < -0.3 is 24.0 Å². The first-order chi connectivity index (χ1) is 9.63. The normalized spacial score (nSPS) is 9.95. The van der Waals surface area contributed by atoms with E-state index in [1.807, 2.05) is 0 Å². The minimum absolute atomic E-state index is 0.529. The minimum Gasteiger partial charge on any atom is -0.406 e. The van der Waals surface area contributed by atoms with Crippen LogP contribution in [-0.2, 0) is 45.3 Å². The monoisotopic (exact) mass is 492 g/mol. The maximum atomic E-state index is 4.81. The Balaban J connectivity index is 0.000000160. The molecule has 1 aromatic carbocycles. The Hall–Kier alpha value is -0.995. The summed E-state index contributed by atoms with van der Waals surface area (Å²) in [6.07, 6.45) is 1.52. The van der Waals surface area contributed by atoms with Crippen LogP contribution >= 0.6 is 11.3 Å². The van der Waals surface area contributed by atoms with Crippen LogP contribution in [0.4, 0.5) is 0 Å². The van der Waals surface area contributed by atoms with Crippen molar-refractivity contribution in [3.05, 3.63) is 41.2 Å². The van der Waals surface area contributed by atoms with Gasteiger partial charge in [0.05, 0.1) is 6.54 Å². The van der Waals surface area contributed by atoms with E-state index in [1.165, 1.54) is 26.3 Å². The Bertz CT molecular complexity index is 616. The zero-order valence-electron chi connectivity index (χ0n) is 10.8. The Labute approximate surface area is 142 Å². The van der Waals surface area contributed by atoms with E-state index in [1.54, 1.807) is 4.68 Å². The summed E-state index contributed by atoms with van der Waals surface area (Å²) in [4.78, 5) is 0. The van der Waals surface area contributed by atoms with Gasteiger partial charge in [0.25, 0.3) is 0 Å². The van der Waals surface area contributed by atoms with Gasteiger partial charge in [0.2, 0.25) is 0 Å². The van der Waals surface area contributed by atoms with Crippen molar-refractivity contribution in [1.82, 2.24) is 30.4 Å². The van der Waals surface area contributed by atoms with Crippen LogP contribution in [0.25, 0.3) is 0 Å². The average molecular weight is 491 g/mol. The molecule has 0 aliphatic heterocycles. The average Bonchev–Trinajstić information content (AvgIpc) is 3.07. The van der Waals surface area contributed by atoms with Crippen LogP contribution in [0, 0.1) is 6.92 Å². The largest absolute Gasteiger partial charge is 0.406 e. The number of nitrogens with zero attached hydrogens (tertiary/aromatic N) is 6. The first-order valence-corrected chi connectivity index (χ1v) is 9.69. The van der Waals surface area contributed by atoms with E-state index < -0.39 is 0 Å². The quantitative estimate of drug-likeness (QED) is 0.388. The molecular formula is C11H10HgN6S2. The van der Waals surface area contributed by atoms with Gasteiger partial charge in [0, 0.05) is 5.01 Å². The van der Waals surface area contributed by atoms with Crippen LogP contribution in [0.5, 0.6) is 0 Å². The minimum atomic E-state index is 0.529. The molecule has 0 bridgehead atoms. The third-order valence-corrected chi connectivity index (χ3v) is 5.12. The van der Waals surface area contributed by atoms with E-state index in [-0.39, 0.29) is 0 Å². The van der Waals surface area contributed by atoms with Crippen molar-refractivity contribution in [3.8, 4) is 0 Å². The zero-order valence-corrected chi connectivity index (χ0v) is 17.9. The summed E-state index contributed by atoms with van der Waals surface area (Å²) in [6.45, 7) is 2.65. The van der Waals surface area contributed by atoms with Gasteiger partial charge in [0.1, 0.15) is 6.33 Å². The molecule has 6 nitrogen and oxygen atoms in total. The molecule has 0 spiro atoms. The Morgan fingerprint density at radius 1 is 1.25 bits per heavy atom. The Morgan fingerprint density at radius 3 is 2.50 bits per heavy atom. The molecule has 3 rings (SSSR count). The number of tetrazole rings is 1. The molecule has 98 valence electrons. The number of hydrogen-bond acceptors (Lipinski definition) is 7. The van der Waals surface area contributed by atoms with Crippen LogP contribution in [0.3, 0.4) is 0 Å². The molecule has 0 radical (unpaired) electrons. The number of aromatic nitrogens is 6. The molecule has 9 heteroatoms. The molecule has 2 aromatic heterocycles. The molecule has 20 heavy (non-hydrogen) atoms. The summed E-state index contributed by atoms with van der Waals surface area (Å²) >= 11 is 6.98. The molecule has 0 saturated carbocycles. The number of hydrogen-bond donors (Lipinski definition) is 0. The standard InChI is InChI=1S/C7H7.C4H4N6S2.Hg/c1-7-5-3-2-4-6-7;11-4-7-6-3(12-4)1-10-2-5-8-9-10;/h3-6H,1H3;2H,1H2,(H,7,11);/q;;+1/p-1. The van der Waals surface area contributed by atoms with Crippen molar-refractivity contribution in [2.75, 3.05) is 0 Å². The summed E-state index contributed by atoms with van der Waals surface area (Å²) in [5.74, 6) is 0. The van der Waals surface area contributed by atoms with Crippen LogP contribution < -0.4 is 3.07 Å². The predicted molar refractivity (Wildman–Crippen MR) is 73.3 cm³/mol. The van der Waals surface area contributed by atoms with Gasteiger partial charge in [-0.1, -0.05) is 0 Å². The second-order valence-corrected chi connectivity index (χ2v) is 8.84. The summed E-state index contributed by atoms with van der Waals surface area (Å²) in [6, 6.07) is 8.75. The molecule has 0 amide bonds. The van der Waals surface area contributed by atoms with Gasteiger partial charge >= 0.3 is 65.9 Å². The summed E-state index contributed by atoms with van der Waals surface area (Å²) in [7, 11) is 0. The fraction of sp³-hybridized carbons (Fsp3) is 0.182. The molecule has 0 aliphatic rings. The van der Waals surface area contributed by atoms with Crippen LogP contribution in [0.1, 0.15) is 10.6 Å². The number of rotatable bonds is 2. The third-order valence-electron chi connectivity index (χ3n) is 2.26. The maximum Gasteiger partial charge on any atom is 0.138 e. The molecule has 2 heterocycles. The molecule has 0 saturated heterocycles. The van der Waals surface area contributed by atoms with E-state index in [0.717, 1.165) is 31.1 Å². The Kier molecular flexibility index (Phi) is 5.93. The molecule has 0 atom stereocenters. The molecule has 0 N–H and O–H groups in total. The van der Waals surface area contributed by atoms with Gasteiger partial charge in [-0.25, -0.2) is 4.68 Å². The van der Waals surface area contributed by atoms with Crippen molar-refractivity contribution in [3.63, 3.8) is 0 Å². The molecule has 0 fully saturated rings. The maximum absolute atomic E-state index is 4.81. The van der Waals surface area contributed by atoms with Gasteiger partial charge in [0.15, 0.2) is 0 Å². The molecular weight excluding hydrogens is 481 g/mol. The fourth-order valence-electron chi connectivity index (χ4n) is 1.28. The van der Waals surface area contributed by atoms with Crippen molar-refractivity contribution in [2.24, 2.45) is 0 Å². The molecule has 0 aliphatic carbocycles. The van der Waals surface area contributed by atoms with Gasteiger partial charge in [-0.3, -0.25) is 0 Å². The Morgan fingerprint density at radius 2 is 2.00 bits per heavy atom. The topological polar surface area (TPSA) is 69.4 Å². The summed E-state index contributed by atoms with van der Waals surface area (Å²) in [5.41, 5.74) is 1.36. The second-order valence-electron chi connectivity index (χ2n) is 3.95. The first-order valence-electron chi connectivity index (χ1n) is 5.72. The zero-order chi connectivity index (χ0) is 14.4. The van der Waals surface area contributed by atoms with Crippen LogP contribution in [-0.4, -0.2) is 30.4 Å². The second kappa shape index (κ2) is 7.70. The van der Waals surface area contributed by atoms with Crippen molar-refractivity contribution in [2.45, 2.75) is 17.8 Å². The third kappa shape index (κ3) is 5.18. The number of aryl methyl sites for hydroxylation is 1. The van der Waals surface area contributed by atoms with E-state index in [0.29, 0.717) is 10.9 Å². The van der Waals surface area contributed by atoms with Crippen LogP contribution in [0.2, 0.25) is 0 Å². The fourth-order valence-corrected chi connectivity index (χ4v) is 3.09. The summed E-state index contributed by atoms with van der Waals surface area (Å²) < 4.78 is 3.63. The van der Waals surface area contributed by atoms with E-state index in [2.05, 4.69) is 56.9 Å². The van der Waals surface area contributed by atoms with E-state index in [9.17, 15) is 0 Å². The van der Waals surface area contributed by atoms with Crippen molar-refractivity contribution >= 4 is 27.0 Å². The predicted octanol–water partition coefficient (Wildman–Crippen LogP) is 0.646. The SMILES string of the molecule is Cc1cc[c]([Hg+])cc1.[S-]c1nnc(Cn2cnnn2)s1.